The summed E-state index contributed by atoms with van der Waals surface area (Å²) < 4.78 is 21.3. The van der Waals surface area contributed by atoms with Crippen LogP contribution in [0.25, 0.3) is 0 Å². The molecule has 0 radical (unpaired) electrons. The molecule has 4 rings (SSSR count). The number of piperidine rings is 1. The second-order valence-electron chi connectivity index (χ2n) is 9.46. The van der Waals surface area contributed by atoms with E-state index in [1.165, 1.54) is 12.1 Å². The van der Waals surface area contributed by atoms with Crippen LogP contribution >= 0.6 is 0 Å². The maximum absolute atomic E-state index is 13.4. The molecule has 8 heteroatoms. The zero-order valence-electron chi connectivity index (χ0n) is 20.8. The van der Waals surface area contributed by atoms with E-state index in [1.54, 1.807) is 35.0 Å². The molecule has 2 heterocycles. The highest BCUT2D eigenvalue weighted by Crippen LogP contribution is 2.27. The normalized spacial score (nSPS) is 17.6. The Kier molecular flexibility index (Phi) is 8.36. The molecule has 2 amide bonds. The fourth-order valence-electron chi connectivity index (χ4n) is 4.61. The maximum atomic E-state index is 13.4. The molecule has 1 fully saturated rings. The van der Waals surface area contributed by atoms with E-state index in [4.69, 9.17) is 4.74 Å². The summed E-state index contributed by atoms with van der Waals surface area (Å²) in [7, 11) is 3.65. The van der Waals surface area contributed by atoms with Crippen molar-refractivity contribution in [2.45, 2.75) is 38.3 Å². The maximum Gasteiger partial charge on any atom is 0.223 e. The Balaban J connectivity index is 1.41. The number of ether oxygens (including phenoxy) is 1. The van der Waals surface area contributed by atoms with E-state index in [2.05, 4.69) is 5.10 Å². The number of hydrogen-bond donors (Lipinski definition) is 0. The first-order valence-electron chi connectivity index (χ1n) is 12.3. The first-order valence-corrected chi connectivity index (χ1v) is 12.3. The third kappa shape index (κ3) is 6.93. The van der Waals surface area contributed by atoms with E-state index in [9.17, 15) is 14.0 Å². The van der Waals surface area contributed by atoms with E-state index in [1.807, 2.05) is 48.5 Å². The Hall–Kier alpha value is -3.68. The average molecular weight is 493 g/mol. The average Bonchev–Trinajstić information content (AvgIpc) is 3.30. The van der Waals surface area contributed by atoms with Crippen LogP contribution in [-0.2, 0) is 29.6 Å². The van der Waals surface area contributed by atoms with Crippen molar-refractivity contribution in [1.29, 1.82) is 0 Å². The lowest BCUT2D eigenvalue weighted by Crippen LogP contribution is -2.49. The molecular formula is C28H33FN4O3. The molecule has 1 aliphatic heterocycles. The summed E-state index contributed by atoms with van der Waals surface area (Å²) in [5, 5.41) is 4.16. The molecule has 0 N–H and O–H groups in total. The van der Waals surface area contributed by atoms with Gasteiger partial charge in [-0.05, 0) is 41.8 Å². The summed E-state index contributed by atoms with van der Waals surface area (Å²) >= 11 is 0. The predicted octanol–water partition coefficient (Wildman–Crippen LogP) is 3.84. The number of carbonyl (C=O) groups is 2. The third-order valence-electron chi connectivity index (χ3n) is 6.63. The number of carbonyl (C=O) groups excluding carboxylic acids is 2. The number of hydrogen-bond acceptors (Lipinski definition) is 4. The van der Waals surface area contributed by atoms with Gasteiger partial charge in [0.15, 0.2) is 0 Å². The van der Waals surface area contributed by atoms with Gasteiger partial charge < -0.3 is 14.5 Å². The third-order valence-corrected chi connectivity index (χ3v) is 6.63. The van der Waals surface area contributed by atoms with E-state index in [0.717, 1.165) is 11.1 Å². The Bertz CT molecular complexity index is 1150. The minimum atomic E-state index is -0.328. The highest BCUT2D eigenvalue weighted by molar-refractivity contribution is 5.78. The number of likely N-dealkylation sites (tertiary alicyclic amines) is 1. The largest absolute Gasteiger partial charge is 0.490 e. The minimum Gasteiger partial charge on any atom is -0.490 e. The van der Waals surface area contributed by atoms with E-state index in [0.29, 0.717) is 44.6 Å². The molecule has 0 bridgehead atoms. The Labute approximate surface area is 211 Å². The number of rotatable bonds is 9. The Morgan fingerprint density at radius 2 is 1.86 bits per heavy atom. The van der Waals surface area contributed by atoms with Crippen molar-refractivity contribution in [1.82, 2.24) is 19.6 Å². The van der Waals surface area contributed by atoms with E-state index in [-0.39, 0.29) is 36.1 Å². The smallest absolute Gasteiger partial charge is 0.223 e. The molecule has 190 valence electrons. The van der Waals surface area contributed by atoms with Gasteiger partial charge in [-0.3, -0.25) is 14.3 Å². The number of benzene rings is 2. The van der Waals surface area contributed by atoms with Crippen LogP contribution in [0.1, 0.15) is 30.4 Å². The molecule has 2 aromatic carbocycles. The van der Waals surface area contributed by atoms with Crippen LogP contribution in [0.4, 0.5) is 4.39 Å². The SMILES string of the molecule is CN(Cc1ccccc1)C(=O)C[C@H]1CN(C(=O)CCc2cnn(C)c2)CC[C@@H]1Oc1ccc(F)cc1. The lowest BCUT2D eigenvalue weighted by molar-refractivity contribution is -0.138. The van der Waals surface area contributed by atoms with Crippen LogP contribution in [0.15, 0.2) is 67.0 Å². The predicted molar refractivity (Wildman–Crippen MR) is 135 cm³/mol. The van der Waals surface area contributed by atoms with Crippen molar-refractivity contribution < 1.29 is 18.7 Å². The molecule has 0 spiro atoms. The van der Waals surface area contributed by atoms with Gasteiger partial charge >= 0.3 is 0 Å². The molecule has 3 aromatic rings. The molecule has 36 heavy (non-hydrogen) atoms. The minimum absolute atomic E-state index is 0.00113. The fourth-order valence-corrected chi connectivity index (χ4v) is 4.61. The summed E-state index contributed by atoms with van der Waals surface area (Å²) in [4.78, 5) is 29.7. The second kappa shape index (κ2) is 11.8. The molecular weight excluding hydrogens is 459 g/mol. The van der Waals surface area contributed by atoms with Gasteiger partial charge in [0, 0.05) is 65.1 Å². The van der Waals surface area contributed by atoms with Crippen LogP contribution in [-0.4, -0.2) is 57.6 Å². The second-order valence-corrected chi connectivity index (χ2v) is 9.46. The first-order chi connectivity index (χ1) is 17.4. The Morgan fingerprint density at radius 1 is 1.11 bits per heavy atom. The van der Waals surface area contributed by atoms with Gasteiger partial charge in [0.25, 0.3) is 0 Å². The van der Waals surface area contributed by atoms with Crippen molar-refractivity contribution in [3.63, 3.8) is 0 Å². The summed E-state index contributed by atoms with van der Waals surface area (Å²) in [5.41, 5.74) is 2.08. The molecule has 1 saturated heterocycles. The van der Waals surface area contributed by atoms with Crippen LogP contribution in [0.3, 0.4) is 0 Å². The van der Waals surface area contributed by atoms with Crippen LogP contribution in [0, 0.1) is 11.7 Å². The zero-order valence-corrected chi connectivity index (χ0v) is 20.8. The van der Waals surface area contributed by atoms with Gasteiger partial charge in [-0.2, -0.15) is 5.10 Å². The van der Waals surface area contributed by atoms with Crippen LogP contribution in [0.5, 0.6) is 5.75 Å². The zero-order chi connectivity index (χ0) is 25.5. The molecule has 0 unspecified atom stereocenters. The number of nitrogens with zero attached hydrogens (tertiary/aromatic N) is 4. The van der Waals surface area contributed by atoms with E-state index >= 15 is 0 Å². The van der Waals surface area contributed by atoms with Crippen molar-refractivity contribution in [2.75, 3.05) is 20.1 Å². The lowest BCUT2D eigenvalue weighted by Gasteiger charge is -2.39. The van der Waals surface area contributed by atoms with Gasteiger partial charge in [-0.1, -0.05) is 30.3 Å². The first kappa shape index (κ1) is 25.4. The highest BCUT2D eigenvalue weighted by atomic mass is 19.1. The Morgan fingerprint density at radius 3 is 2.56 bits per heavy atom. The number of amides is 2. The number of aromatic nitrogens is 2. The highest BCUT2D eigenvalue weighted by Gasteiger charge is 2.35. The summed E-state index contributed by atoms with van der Waals surface area (Å²) in [6.07, 6.45) is 5.34. The number of aryl methyl sites for hydroxylation is 2. The molecule has 1 aliphatic rings. The number of halogens is 1. The van der Waals surface area contributed by atoms with Crippen molar-refractivity contribution in [3.8, 4) is 5.75 Å². The standard InChI is InChI=1S/C28H33FN4O3/c1-31(18-21-6-4-3-5-7-21)28(35)16-23-20-33(27(34)13-8-22-17-30-32(2)19-22)15-14-26(23)36-25-11-9-24(29)10-12-25/h3-7,9-12,17,19,23,26H,8,13-16,18,20H2,1-2H3/t23-,26-/m0/s1. The van der Waals surface area contributed by atoms with Crippen LogP contribution < -0.4 is 4.74 Å². The lowest BCUT2D eigenvalue weighted by atomic mass is 9.90. The summed E-state index contributed by atoms with van der Waals surface area (Å²) in [5.74, 6) is 0.130. The molecule has 7 nitrogen and oxygen atoms in total. The van der Waals surface area contributed by atoms with Crippen molar-refractivity contribution >= 4 is 11.8 Å². The van der Waals surface area contributed by atoms with E-state index < -0.39 is 0 Å². The van der Waals surface area contributed by atoms with Gasteiger partial charge in [0.2, 0.25) is 11.8 Å². The molecule has 2 atom stereocenters. The summed E-state index contributed by atoms with van der Waals surface area (Å²) in [6.45, 7) is 1.52. The fraction of sp³-hybridized carbons (Fsp3) is 0.393. The topological polar surface area (TPSA) is 67.7 Å². The van der Waals surface area contributed by atoms with Crippen molar-refractivity contribution in [3.05, 3.63) is 83.9 Å². The molecule has 0 saturated carbocycles. The van der Waals surface area contributed by atoms with Crippen LogP contribution in [0.2, 0.25) is 0 Å². The van der Waals surface area contributed by atoms with Gasteiger partial charge in [-0.25, -0.2) is 4.39 Å². The molecule has 0 aliphatic carbocycles. The van der Waals surface area contributed by atoms with Gasteiger partial charge in [0.1, 0.15) is 17.7 Å². The molecule has 1 aromatic heterocycles. The monoisotopic (exact) mass is 492 g/mol. The van der Waals surface area contributed by atoms with Gasteiger partial charge in [-0.15, -0.1) is 0 Å². The summed E-state index contributed by atoms with van der Waals surface area (Å²) in [6, 6.07) is 15.8. The van der Waals surface area contributed by atoms with Crippen molar-refractivity contribution in [2.24, 2.45) is 13.0 Å². The quantitative estimate of drug-likeness (QED) is 0.455. The van der Waals surface area contributed by atoms with Gasteiger partial charge in [0.05, 0.1) is 6.20 Å².